The highest BCUT2D eigenvalue weighted by Crippen LogP contribution is 2.26. The molecule has 2 heterocycles. The minimum atomic E-state index is -2.95. The zero-order valence-corrected chi connectivity index (χ0v) is 16.9. The Labute approximate surface area is 172 Å². The summed E-state index contributed by atoms with van der Waals surface area (Å²) >= 11 is 3.41. The van der Waals surface area contributed by atoms with E-state index in [0.29, 0.717) is 23.0 Å². The second-order valence-corrected chi connectivity index (χ2v) is 7.38. The van der Waals surface area contributed by atoms with Crippen LogP contribution in [-0.2, 0) is 20.1 Å². The molecule has 0 N–H and O–H groups in total. The number of rotatable bonds is 6. The third-order valence-electron chi connectivity index (χ3n) is 4.60. The molecule has 0 fully saturated rings. The Morgan fingerprint density at radius 1 is 1.17 bits per heavy atom. The third kappa shape index (κ3) is 3.93. The molecule has 2 aromatic carbocycles. The number of alkyl halides is 2. The van der Waals surface area contributed by atoms with Crippen LogP contribution < -0.4 is 10.3 Å². The summed E-state index contributed by atoms with van der Waals surface area (Å²) in [6.45, 7) is -2.34. The Bertz CT molecular complexity index is 1220. The van der Waals surface area contributed by atoms with Crippen LogP contribution in [0.2, 0.25) is 0 Å². The average molecular weight is 464 g/mol. The standard InChI is InChI=1S/C19H16BrF2N5O2/c1-25-18(28)15-4-3-14(20)7-16(15)27(25)9-13-6-12(8-26-11-23-10-24-26)2-5-17(13)29-19(21)22/h2-7,10-11,19H,8-9H2,1H3. The molecule has 7 nitrogen and oxygen atoms in total. The first kappa shape index (κ1) is 19.3. The zero-order valence-electron chi connectivity index (χ0n) is 15.3. The van der Waals surface area contributed by atoms with Gasteiger partial charge in [0.2, 0.25) is 0 Å². The summed E-state index contributed by atoms with van der Waals surface area (Å²) in [6, 6.07) is 10.3. The number of ether oxygens (including phenoxy) is 1. The average Bonchev–Trinajstić information content (AvgIpc) is 3.26. The Balaban J connectivity index is 1.78. The quantitative estimate of drug-likeness (QED) is 0.439. The minimum absolute atomic E-state index is 0.0617. The number of aromatic nitrogens is 5. The highest BCUT2D eigenvalue weighted by atomic mass is 79.9. The van der Waals surface area contributed by atoms with Crippen molar-refractivity contribution in [3.05, 3.63) is 75.0 Å². The van der Waals surface area contributed by atoms with Crippen molar-refractivity contribution in [2.45, 2.75) is 19.7 Å². The molecule has 0 aliphatic rings. The van der Waals surface area contributed by atoms with Gasteiger partial charge < -0.3 is 4.74 Å². The summed E-state index contributed by atoms with van der Waals surface area (Å²) < 4.78 is 36.2. The predicted molar refractivity (Wildman–Crippen MR) is 106 cm³/mol. The lowest BCUT2D eigenvalue weighted by atomic mass is 10.1. The first-order valence-corrected chi connectivity index (χ1v) is 9.46. The van der Waals surface area contributed by atoms with Crippen LogP contribution in [0.3, 0.4) is 0 Å². The lowest BCUT2D eigenvalue weighted by Crippen LogP contribution is -2.20. The first-order valence-electron chi connectivity index (χ1n) is 8.66. The predicted octanol–water partition coefficient (Wildman–Crippen LogP) is 3.39. The van der Waals surface area contributed by atoms with Gasteiger partial charge in [-0.1, -0.05) is 22.0 Å². The van der Waals surface area contributed by atoms with Gasteiger partial charge in [0.15, 0.2) is 0 Å². The Morgan fingerprint density at radius 2 is 2.00 bits per heavy atom. The van der Waals surface area contributed by atoms with E-state index in [-0.39, 0.29) is 17.9 Å². The van der Waals surface area contributed by atoms with Crippen LogP contribution in [0.15, 0.2) is 58.3 Å². The molecule has 29 heavy (non-hydrogen) atoms. The fourth-order valence-electron chi connectivity index (χ4n) is 3.26. The summed E-state index contributed by atoms with van der Waals surface area (Å²) in [4.78, 5) is 16.5. The van der Waals surface area contributed by atoms with Crippen molar-refractivity contribution in [3.63, 3.8) is 0 Å². The van der Waals surface area contributed by atoms with Gasteiger partial charge in [-0.3, -0.25) is 14.2 Å². The van der Waals surface area contributed by atoms with E-state index in [1.54, 1.807) is 47.0 Å². The van der Waals surface area contributed by atoms with Gasteiger partial charge in [-0.15, -0.1) is 0 Å². The van der Waals surface area contributed by atoms with Gasteiger partial charge in [-0.25, -0.2) is 9.67 Å². The Morgan fingerprint density at radius 3 is 2.72 bits per heavy atom. The van der Waals surface area contributed by atoms with Crippen LogP contribution in [-0.4, -0.2) is 30.7 Å². The van der Waals surface area contributed by atoms with Crippen molar-refractivity contribution < 1.29 is 13.5 Å². The number of fused-ring (bicyclic) bond motifs is 1. The molecule has 0 atom stereocenters. The number of hydrogen-bond donors (Lipinski definition) is 0. The molecule has 0 radical (unpaired) electrons. The van der Waals surface area contributed by atoms with Crippen molar-refractivity contribution >= 4 is 26.8 Å². The summed E-state index contributed by atoms with van der Waals surface area (Å²) in [7, 11) is 1.64. The molecule has 0 spiro atoms. The fourth-order valence-corrected chi connectivity index (χ4v) is 3.61. The van der Waals surface area contributed by atoms with Crippen LogP contribution in [0, 0.1) is 0 Å². The summed E-state index contributed by atoms with van der Waals surface area (Å²) in [5, 5.41) is 4.61. The van der Waals surface area contributed by atoms with Crippen LogP contribution in [0.5, 0.6) is 5.75 Å². The van der Waals surface area contributed by atoms with Gasteiger partial charge in [-0.05, 0) is 35.9 Å². The van der Waals surface area contributed by atoms with Gasteiger partial charge in [0.25, 0.3) is 5.56 Å². The monoisotopic (exact) mass is 463 g/mol. The fraction of sp³-hybridized carbons (Fsp3) is 0.211. The molecule has 0 saturated carbocycles. The maximum absolute atomic E-state index is 12.9. The normalized spacial score (nSPS) is 11.5. The highest BCUT2D eigenvalue weighted by molar-refractivity contribution is 9.10. The van der Waals surface area contributed by atoms with Crippen molar-refractivity contribution in [1.82, 2.24) is 24.1 Å². The molecule has 10 heteroatoms. The molecule has 0 aliphatic carbocycles. The van der Waals surface area contributed by atoms with E-state index < -0.39 is 6.61 Å². The second kappa shape index (κ2) is 7.78. The zero-order chi connectivity index (χ0) is 20.5. The lowest BCUT2D eigenvalue weighted by molar-refractivity contribution is -0.0505. The van der Waals surface area contributed by atoms with E-state index in [9.17, 15) is 13.6 Å². The maximum atomic E-state index is 12.9. The van der Waals surface area contributed by atoms with Crippen LogP contribution in [0.25, 0.3) is 10.9 Å². The lowest BCUT2D eigenvalue weighted by Gasteiger charge is -2.15. The van der Waals surface area contributed by atoms with Gasteiger partial charge in [0.1, 0.15) is 18.4 Å². The minimum Gasteiger partial charge on any atom is -0.434 e. The SMILES string of the molecule is Cn1c(=O)c2ccc(Br)cc2n1Cc1cc(Cn2cncn2)ccc1OC(F)F. The number of nitrogens with zero attached hydrogens (tertiary/aromatic N) is 5. The second-order valence-electron chi connectivity index (χ2n) is 6.46. The number of benzene rings is 2. The Kier molecular flexibility index (Phi) is 5.18. The van der Waals surface area contributed by atoms with E-state index in [1.165, 1.54) is 17.1 Å². The van der Waals surface area contributed by atoms with Crippen LogP contribution in [0.1, 0.15) is 11.1 Å². The van der Waals surface area contributed by atoms with E-state index in [4.69, 9.17) is 4.74 Å². The molecule has 0 amide bonds. The van der Waals surface area contributed by atoms with Gasteiger partial charge >= 0.3 is 6.61 Å². The summed E-state index contributed by atoms with van der Waals surface area (Å²) in [6.07, 6.45) is 3.00. The largest absolute Gasteiger partial charge is 0.434 e. The van der Waals surface area contributed by atoms with Crippen LogP contribution in [0.4, 0.5) is 8.78 Å². The van der Waals surface area contributed by atoms with Crippen molar-refractivity contribution in [1.29, 1.82) is 0 Å². The maximum Gasteiger partial charge on any atom is 0.387 e. The molecular weight excluding hydrogens is 448 g/mol. The summed E-state index contributed by atoms with van der Waals surface area (Å²) in [5.41, 5.74) is 1.89. The number of hydrogen-bond acceptors (Lipinski definition) is 4. The van der Waals surface area contributed by atoms with Crippen molar-refractivity contribution in [3.8, 4) is 5.75 Å². The molecule has 0 aliphatic heterocycles. The van der Waals surface area contributed by atoms with E-state index >= 15 is 0 Å². The first-order chi connectivity index (χ1) is 13.9. The molecule has 4 rings (SSSR count). The summed E-state index contributed by atoms with van der Waals surface area (Å²) in [5.74, 6) is 0.0617. The number of halogens is 3. The van der Waals surface area contributed by atoms with E-state index in [2.05, 4.69) is 26.0 Å². The van der Waals surface area contributed by atoms with Crippen molar-refractivity contribution in [2.75, 3.05) is 0 Å². The molecule has 0 unspecified atom stereocenters. The highest BCUT2D eigenvalue weighted by Gasteiger charge is 2.16. The van der Waals surface area contributed by atoms with Gasteiger partial charge in [0, 0.05) is 17.1 Å². The topological polar surface area (TPSA) is 66.9 Å². The van der Waals surface area contributed by atoms with Crippen molar-refractivity contribution in [2.24, 2.45) is 7.05 Å². The molecular formula is C19H16BrF2N5O2. The van der Waals surface area contributed by atoms with E-state index in [0.717, 1.165) is 10.0 Å². The molecule has 150 valence electrons. The van der Waals surface area contributed by atoms with Gasteiger partial charge in [0.05, 0.1) is 24.0 Å². The smallest absolute Gasteiger partial charge is 0.387 e. The molecule has 0 bridgehead atoms. The van der Waals surface area contributed by atoms with Gasteiger partial charge in [-0.2, -0.15) is 13.9 Å². The Hall–Kier alpha value is -3.01. The molecule has 4 aromatic rings. The van der Waals surface area contributed by atoms with Crippen LogP contribution >= 0.6 is 15.9 Å². The third-order valence-corrected chi connectivity index (χ3v) is 5.09. The molecule has 2 aromatic heterocycles. The molecule has 0 saturated heterocycles. The van der Waals surface area contributed by atoms with E-state index in [1.807, 2.05) is 6.07 Å².